The van der Waals surface area contributed by atoms with E-state index in [1.165, 1.54) is 6.07 Å². The molecule has 2 fully saturated rings. The summed E-state index contributed by atoms with van der Waals surface area (Å²) in [6, 6.07) is 6.78. The van der Waals surface area contributed by atoms with Crippen LogP contribution in [0.2, 0.25) is 0 Å². The van der Waals surface area contributed by atoms with E-state index in [0.717, 1.165) is 23.2 Å². The molecule has 156 valence electrons. The first-order valence-electron chi connectivity index (χ1n) is 9.74. The average Bonchev–Trinajstić information content (AvgIpc) is 3.35. The Balaban J connectivity index is 1.65. The Morgan fingerprint density at radius 2 is 2.03 bits per heavy atom. The highest BCUT2D eigenvalue weighted by atomic mass is 19.1. The number of nitrogens with zero attached hydrogens (tertiary/aromatic N) is 3. The molecule has 1 aromatic heterocycles. The number of aromatic nitrogens is 2. The van der Waals surface area contributed by atoms with Gasteiger partial charge in [-0.1, -0.05) is 6.07 Å². The lowest BCUT2D eigenvalue weighted by Gasteiger charge is -2.38. The van der Waals surface area contributed by atoms with E-state index in [9.17, 15) is 13.6 Å². The van der Waals surface area contributed by atoms with Crippen LogP contribution in [0.1, 0.15) is 11.5 Å². The van der Waals surface area contributed by atoms with Crippen LogP contribution in [0.4, 0.5) is 8.78 Å². The molecule has 3 heterocycles. The number of fused-ring (bicyclic) bond motifs is 2. The monoisotopic (exact) mass is 413 g/mol. The van der Waals surface area contributed by atoms with E-state index in [1.54, 1.807) is 18.3 Å². The summed E-state index contributed by atoms with van der Waals surface area (Å²) in [5.74, 6) is -1.11. The zero-order valence-corrected chi connectivity index (χ0v) is 16.5. The fraction of sp³-hybridized carbons (Fsp3) is 0.333. The lowest BCUT2D eigenvalue weighted by Crippen LogP contribution is -2.53. The highest BCUT2D eigenvalue weighted by Gasteiger charge is 2.45. The minimum absolute atomic E-state index is 0.00952. The molecule has 0 saturated carbocycles. The number of hydrogen-bond acceptors (Lipinski definition) is 5. The van der Waals surface area contributed by atoms with E-state index < -0.39 is 11.6 Å². The number of amides is 1. The molecule has 2 aromatic carbocycles. The van der Waals surface area contributed by atoms with Crippen molar-refractivity contribution >= 4 is 16.9 Å². The molecular formula is C21H21F2N5O2. The Hall–Kier alpha value is -3.04. The topological polar surface area (TPSA) is 71.4 Å². The van der Waals surface area contributed by atoms with Crippen molar-refractivity contribution in [1.82, 2.24) is 25.3 Å². The number of ether oxygens (including phenoxy) is 1. The number of rotatable bonds is 3. The molecule has 0 aliphatic carbocycles. The van der Waals surface area contributed by atoms with Gasteiger partial charge in [0.15, 0.2) is 17.3 Å². The predicted molar refractivity (Wildman–Crippen MR) is 106 cm³/mol. The van der Waals surface area contributed by atoms with Crippen molar-refractivity contribution in [3.05, 3.63) is 53.9 Å². The molecule has 3 unspecified atom stereocenters. The van der Waals surface area contributed by atoms with E-state index in [4.69, 9.17) is 4.74 Å². The van der Waals surface area contributed by atoms with Gasteiger partial charge in [0.1, 0.15) is 17.4 Å². The first kappa shape index (κ1) is 19.0. The van der Waals surface area contributed by atoms with Crippen LogP contribution in [0.5, 0.6) is 11.5 Å². The summed E-state index contributed by atoms with van der Waals surface area (Å²) >= 11 is 0. The Kier molecular flexibility index (Phi) is 4.44. The number of aryl methyl sites for hydroxylation is 1. The minimum Gasteiger partial charge on any atom is -0.452 e. The van der Waals surface area contributed by atoms with E-state index in [1.807, 2.05) is 23.7 Å². The van der Waals surface area contributed by atoms with Crippen LogP contribution in [0, 0.1) is 17.6 Å². The number of nitrogens with one attached hydrogen (secondary N) is 2. The second-order valence-corrected chi connectivity index (χ2v) is 7.88. The SMILES string of the molecule is CN1CC(c2ccc3c(ncn3C)c2Oc2ccc(F)cc2F)C2CNNC2C1=O. The van der Waals surface area contributed by atoms with Gasteiger partial charge in [-0.3, -0.25) is 10.2 Å². The number of carbonyl (C=O) groups excluding carboxylic acids is 1. The Bertz CT molecular complexity index is 1150. The van der Waals surface area contributed by atoms with Crippen LogP contribution in [0.3, 0.4) is 0 Å². The van der Waals surface area contributed by atoms with Crippen LogP contribution in [0.15, 0.2) is 36.7 Å². The maximum atomic E-state index is 14.4. The molecule has 30 heavy (non-hydrogen) atoms. The van der Waals surface area contributed by atoms with Crippen LogP contribution < -0.4 is 15.6 Å². The second-order valence-electron chi connectivity index (χ2n) is 7.88. The number of carbonyl (C=O) groups is 1. The summed E-state index contributed by atoms with van der Waals surface area (Å²) < 4.78 is 35.6. The molecule has 2 N–H and O–H groups in total. The Morgan fingerprint density at radius 1 is 1.20 bits per heavy atom. The second kappa shape index (κ2) is 7.03. The molecule has 0 bridgehead atoms. The summed E-state index contributed by atoms with van der Waals surface area (Å²) in [5.41, 5.74) is 8.40. The minimum atomic E-state index is -0.785. The van der Waals surface area contributed by atoms with Crippen molar-refractivity contribution in [2.75, 3.05) is 20.1 Å². The molecule has 0 spiro atoms. The first-order chi connectivity index (χ1) is 14.4. The van der Waals surface area contributed by atoms with Gasteiger partial charge in [0.2, 0.25) is 5.91 Å². The maximum absolute atomic E-state index is 14.4. The molecule has 1 amide bonds. The summed E-state index contributed by atoms with van der Waals surface area (Å²) in [7, 11) is 3.64. The third kappa shape index (κ3) is 2.93. The largest absolute Gasteiger partial charge is 0.452 e. The maximum Gasteiger partial charge on any atom is 0.241 e. The van der Waals surface area contributed by atoms with Gasteiger partial charge in [0.05, 0.1) is 11.8 Å². The average molecular weight is 413 g/mol. The third-order valence-electron chi connectivity index (χ3n) is 6.04. The van der Waals surface area contributed by atoms with Crippen molar-refractivity contribution in [2.45, 2.75) is 12.0 Å². The molecule has 3 atom stereocenters. The van der Waals surface area contributed by atoms with Crippen LogP contribution >= 0.6 is 0 Å². The first-order valence-corrected chi connectivity index (χ1v) is 9.74. The lowest BCUT2D eigenvalue weighted by molar-refractivity contribution is -0.136. The Morgan fingerprint density at radius 3 is 2.83 bits per heavy atom. The van der Waals surface area contributed by atoms with Gasteiger partial charge in [-0.25, -0.2) is 19.2 Å². The van der Waals surface area contributed by atoms with Gasteiger partial charge in [0.25, 0.3) is 0 Å². The third-order valence-corrected chi connectivity index (χ3v) is 6.04. The normalized spacial score (nSPS) is 23.8. The fourth-order valence-corrected chi connectivity index (χ4v) is 4.48. The molecule has 5 rings (SSSR count). The molecule has 0 radical (unpaired) electrons. The zero-order chi connectivity index (χ0) is 21.0. The molecule has 7 nitrogen and oxygen atoms in total. The van der Waals surface area contributed by atoms with Crippen molar-refractivity contribution < 1.29 is 18.3 Å². The van der Waals surface area contributed by atoms with Gasteiger partial charge in [-0.15, -0.1) is 0 Å². The van der Waals surface area contributed by atoms with E-state index in [-0.39, 0.29) is 29.5 Å². The molecule has 2 saturated heterocycles. The van der Waals surface area contributed by atoms with Gasteiger partial charge >= 0.3 is 0 Å². The van der Waals surface area contributed by atoms with E-state index >= 15 is 0 Å². The van der Waals surface area contributed by atoms with Crippen LogP contribution in [-0.4, -0.2) is 46.5 Å². The van der Waals surface area contributed by atoms with E-state index in [2.05, 4.69) is 15.8 Å². The smallest absolute Gasteiger partial charge is 0.241 e. The van der Waals surface area contributed by atoms with Crippen molar-refractivity contribution in [2.24, 2.45) is 13.0 Å². The van der Waals surface area contributed by atoms with Crippen molar-refractivity contribution in [3.8, 4) is 11.5 Å². The zero-order valence-electron chi connectivity index (χ0n) is 16.5. The number of likely N-dealkylation sites (tertiary alicyclic amines) is 1. The molecule has 9 heteroatoms. The number of benzene rings is 2. The summed E-state index contributed by atoms with van der Waals surface area (Å²) in [6.07, 6.45) is 1.67. The number of hydrogen-bond donors (Lipinski definition) is 2. The summed E-state index contributed by atoms with van der Waals surface area (Å²) in [6.45, 7) is 1.13. The standard InChI is InChI=1S/C21H21F2N5O2/c1-27-9-14(13-8-25-26-18(13)21(27)29)12-4-5-16-19(24-10-28(16)2)20(12)30-17-6-3-11(22)7-15(17)23/h3-7,10,13-14,18,25-26H,8-9H2,1-2H3. The predicted octanol–water partition coefficient (Wildman–Crippen LogP) is 2.29. The molecule has 3 aromatic rings. The van der Waals surface area contributed by atoms with Gasteiger partial charge in [0, 0.05) is 50.7 Å². The number of halogens is 2. The quantitative estimate of drug-likeness (QED) is 0.690. The molecular weight excluding hydrogens is 392 g/mol. The molecule has 2 aliphatic rings. The van der Waals surface area contributed by atoms with Gasteiger partial charge < -0.3 is 14.2 Å². The number of likely N-dealkylation sites (N-methyl/N-ethyl adjacent to an activating group) is 1. The summed E-state index contributed by atoms with van der Waals surface area (Å²) in [5, 5.41) is 0. The number of hydrazine groups is 1. The highest BCUT2D eigenvalue weighted by Crippen LogP contribution is 2.43. The lowest BCUT2D eigenvalue weighted by atomic mass is 9.78. The fourth-order valence-electron chi connectivity index (χ4n) is 4.48. The van der Waals surface area contributed by atoms with Gasteiger partial charge in [-0.2, -0.15) is 0 Å². The van der Waals surface area contributed by atoms with Crippen molar-refractivity contribution in [1.29, 1.82) is 0 Å². The van der Waals surface area contributed by atoms with E-state index in [0.29, 0.717) is 24.4 Å². The summed E-state index contributed by atoms with van der Waals surface area (Å²) in [4.78, 5) is 18.7. The van der Waals surface area contributed by atoms with Crippen LogP contribution in [0.25, 0.3) is 11.0 Å². The van der Waals surface area contributed by atoms with Crippen molar-refractivity contribution in [3.63, 3.8) is 0 Å². The number of imidazole rings is 1. The molecule has 2 aliphatic heterocycles. The highest BCUT2D eigenvalue weighted by molar-refractivity contribution is 5.86. The van der Waals surface area contributed by atoms with Crippen LogP contribution in [-0.2, 0) is 11.8 Å². The Labute approximate surface area is 171 Å². The van der Waals surface area contributed by atoms with Gasteiger partial charge in [-0.05, 0) is 18.2 Å². The number of piperidine rings is 1.